The number of benzene rings is 1. The van der Waals surface area contributed by atoms with Crippen molar-refractivity contribution in [1.82, 2.24) is 24.6 Å². The summed E-state index contributed by atoms with van der Waals surface area (Å²) in [7, 11) is 0. The molecule has 0 radical (unpaired) electrons. The maximum atomic E-state index is 12.8. The van der Waals surface area contributed by atoms with Gasteiger partial charge in [-0.05, 0) is 43.5 Å². The van der Waals surface area contributed by atoms with E-state index in [2.05, 4.69) is 20.6 Å². The summed E-state index contributed by atoms with van der Waals surface area (Å²) in [5, 5.41) is 16.2. The molecular weight excluding hydrogens is 340 g/mol. The van der Waals surface area contributed by atoms with Crippen LogP contribution in [-0.2, 0) is 0 Å². The predicted molar refractivity (Wildman–Crippen MR) is 102 cm³/mol. The molecule has 134 valence electrons. The lowest BCUT2D eigenvalue weighted by Crippen LogP contribution is -2.12. The van der Waals surface area contributed by atoms with Gasteiger partial charge in [-0.2, -0.15) is 20.1 Å². The van der Waals surface area contributed by atoms with Crippen LogP contribution >= 0.6 is 0 Å². The molecule has 27 heavy (non-hydrogen) atoms. The molecule has 1 aliphatic rings. The van der Waals surface area contributed by atoms with Crippen LogP contribution in [0.25, 0.3) is 16.8 Å². The molecule has 7 heteroatoms. The van der Waals surface area contributed by atoms with Crippen molar-refractivity contribution in [2.75, 3.05) is 5.32 Å². The van der Waals surface area contributed by atoms with E-state index in [-0.39, 0.29) is 5.91 Å². The van der Waals surface area contributed by atoms with Crippen molar-refractivity contribution < 1.29 is 4.79 Å². The molecule has 0 unspecified atom stereocenters. The number of nitrogens with one attached hydrogen (secondary N) is 1. The molecule has 0 saturated heterocycles. The Kier molecular flexibility index (Phi) is 3.53. The average Bonchev–Trinajstić information content (AvgIpc) is 3.25. The lowest BCUT2D eigenvalue weighted by Gasteiger charge is -2.09. The van der Waals surface area contributed by atoms with E-state index < -0.39 is 0 Å². The van der Waals surface area contributed by atoms with Gasteiger partial charge in [-0.25, -0.2) is 4.52 Å². The number of fused-ring (bicyclic) bond motifs is 1. The number of nitrogens with zero attached hydrogens (tertiary/aromatic N) is 5. The second-order valence-electron chi connectivity index (χ2n) is 6.85. The maximum Gasteiger partial charge on any atom is 0.259 e. The molecule has 5 rings (SSSR count). The van der Waals surface area contributed by atoms with E-state index in [1.807, 2.05) is 49.5 Å². The van der Waals surface area contributed by atoms with Gasteiger partial charge in [0.15, 0.2) is 0 Å². The highest BCUT2D eigenvalue weighted by atomic mass is 16.1. The molecule has 0 aliphatic heterocycles. The summed E-state index contributed by atoms with van der Waals surface area (Å²) in [4.78, 5) is 14.6. The highest BCUT2D eigenvalue weighted by molar-refractivity contribution is 6.09. The van der Waals surface area contributed by atoms with Crippen LogP contribution in [0.2, 0.25) is 0 Å². The second kappa shape index (κ2) is 6.05. The molecule has 3 aromatic heterocycles. The quantitative estimate of drug-likeness (QED) is 0.606. The number of hydrogen-bond acceptors (Lipinski definition) is 4. The Morgan fingerprint density at radius 3 is 2.89 bits per heavy atom. The molecule has 4 aromatic rings. The van der Waals surface area contributed by atoms with Crippen molar-refractivity contribution in [3.05, 3.63) is 66.1 Å². The Morgan fingerprint density at radius 2 is 2.04 bits per heavy atom. The molecule has 1 aliphatic carbocycles. The van der Waals surface area contributed by atoms with Crippen LogP contribution in [0.4, 0.5) is 5.69 Å². The summed E-state index contributed by atoms with van der Waals surface area (Å²) in [5.74, 6) is -0.182. The Hall–Kier alpha value is -3.48. The molecule has 1 amide bonds. The van der Waals surface area contributed by atoms with E-state index in [0.717, 1.165) is 40.9 Å². The molecule has 1 aromatic carbocycles. The van der Waals surface area contributed by atoms with Crippen molar-refractivity contribution in [3.8, 4) is 11.3 Å². The van der Waals surface area contributed by atoms with Crippen LogP contribution in [-0.4, -0.2) is 30.5 Å². The first-order valence-corrected chi connectivity index (χ1v) is 8.95. The number of aryl methyl sites for hydroxylation is 1. The van der Waals surface area contributed by atoms with E-state index in [0.29, 0.717) is 11.6 Å². The number of carbonyl (C=O) groups excluding carboxylic acids is 1. The molecule has 1 saturated carbocycles. The number of aromatic nitrogens is 5. The molecular formula is C20H18N6O. The Morgan fingerprint density at radius 1 is 1.15 bits per heavy atom. The van der Waals surface area contributed by atoms with E-state index in [1.165, 1.54) is 0 Å². The highest BCUT2D eigenvalue weighted by Crippen LogP contribution is 2.34. The van der Waals surface area contributed by atoms with Gasteiger partial charge in [0.1, 0.15) is 5.69 Å². The van der Waals surface area contributed by atoms with Crippen molar-refractivity contribution in [2.45, 2.75) is 25.8 Å². The smallest absolute Gasteiger partial charge is 0.259 e. The highest BCUT2D eigenvalue weighted by Gasteiger charge is 2.26. The average molecular weight is 358 g/mol. The van der Waals surface area contributed by atoms with Gasteiger partial charge in [0.2, 0.25) is 0 Å². The minimum Gasteiger partial charge on any atom is -0.322 e. The number of amides is 1. The summed E-state index contributed by atoms with van der Waals surface area (Å²) >= 11 is 0. The van der Waals surface area contributed by atoms with Crippen molar-refractivity contribution in [1.29, 1.82) is 0 Å². The van der Waals surface area contributed by atoms with Gasteiger partial charge in [-0.15, -0.1) is 0 Å². The number of anilines is 1. The SMILES string of the molecule is Cc1ccc(-c2cnn(C3CC3)n2)cc1NC(=O)c1cnn2ccccc12. The van der Waals surface area contributed by atoms with Gasteiger partial charge in [0, 0.05) is 17.4 Å². The van der Waals surface area contributed by atoms with Crippen molar-refractivity contribution in [3.63, 3.8) is 0 Å². The Bertz CT molecular complexity index is 1150. The van der Waals surface area contributed by atoms with Crippen molar-refractivity contribution >= 4 is 17.1 Å². The fourth-order valence-corrected chi connectivity index (χ4v) is 3.10. The van der Waals surface area contributed by atoms with Crippen LogP contribution in [0.5, 0.6) is 0 Å². The Balaban J connectivity index is 1.44. The third-order valence-electron chi connectivity index (χ3n) is 4.83. The lowest BCUT2D eigenvalue weighted by atomic mass is 10.1. The van der Waals surface area contributed by atoms with Crippen LogP contribution in [0, 0.1) is 6.92 Å². The number of pyridine rings is 1. The Labute approximate surface area is 155 Å². The van der Waals surface area contributed by atoms with E-state index >= 15 is 0 Å². The largest absolute Gasteiger partial charge is 0.322 e. The molecule has 1 fully saturated rings. The molecule has 1 N–H and O–H groups in total. The van der Waals surface area contributed by atoms with E-state index in [9.17, 15) is 4.79 Å². The third kappa shape index (κ3) is 2.87. The van der Waals surface area contributed by atoms with E-state index in [1.54, 1.807) is 21.7 Å². The maximum absolute atomic E-state index is 12.8. The molecule has 7 nitrogen and oxygen atoms in total. The zero-order valence-electron chi connectivity index (χ0n) is 14.8. The lowest BCUT2D eigenvalue weighted by molar-refractivity contribution is 0.102. The number of rotatable bonds is 4. The molecule has 0 spiro atoms. The minimum absolute atomic E-state index is 0.182. The second-order valence-corrected chi connectivity index (χ2v) is 6.85. The van der Waals surface area contributed by atoms with Gasteiger partial charge >= 0.3 is 0 Å². The summed E-state index contributed by atoms with van der Waals surface area (Å²) in [6.07, 6.45) is 7.47. The van der Waals surface area contributed by atoms with Gasteiger partial charge in [0.05, 0.1) is 29.5 Å². The third-order valence-corrected chi connectivity index (χ3v) is 4.83. The fourth-order valence-electron chi connectivity index (χ4n) is 3.10. The monoisotopic (exact) mass is 358 g/mol. The van der Waals surface area contributed by atoms with E-state index in [4.69, 9.17) is 0 Å². The van der Waals surface area contributed by atoms with Gasteiger partial charge in [-0.3, -0.25) is 4.79 Å². The molecule has 3 heterocycles. The summed E-state index contributed by atoms with van der Waals surface area (Å²) in [6.45, 7) is 1.97. The van der Waals surface area contributed by atoms with Crippen LogP contribution in [0.15, 0.2) is 55.0 Å². The number of hydrogen-bond donors (Lipinski definition) is 1. The van der Waals surface area contributed by atoms with Gasteiger partial charge in [0.25, 0.3) is 5.91 Å². The minimum atomic E-state index is -0.182. The zero-order valence-corrected chi connectivity index (χ0v) is 14.8. The summed E-state index contributed by atoms with van der Waals surface area (Å²) in [5.41, 5.74) is 4.80. The topological polar surface area (TPSA) is 77.1 Å². The first-order valence-electron chi connectivity index (χ1n) is 8.95. The molecule has 0 bridgehead atoms. The summed E-state index contributed by atoms with van der Waals surface area (Å²) in [6, 6.07) is 12.0. The van der Waals surface area contributed by atoms with Crippen LogP contribution < -0.4 is 5.32 Å². The molecule has 0 atom stereocenters. The van der Waals surface area contributed by atoms with Crippen LogP contribution in [0.1, 0.15) is 34.8 Å². The fraction of sp³-hybridized carbons (Fsp3) is 0.200. The normalized spacial score (nSPS) is 13.8. The number of carbonyl (C=O) groups is 1. The van der Waals surface area contributed by atoms with Crippen LogP contribution in [0.3, 0.4) is 0 Å². The standard InChI is InChI=1S/C20H18N6O/c1-13-5-6-14(18-12-22-26(24-18)15-7-8-15)10-17(13)23-20(27)16-11-21-25-9-3-2-4-19(16)25/h2-6,9-12,15H,7-8H2,1H3,(H,23,27). The zero-order chi connectivity index (χ0) is 18.4. The first kappa shape index (κ1) is 15.7. The summed E-state index contributed by atoms with van der Waals surface area (Å²) < 4.78 is 1.69. The van der Waals surface area contributed by atoms with Gasteiger partial charge < -0.3 is 5.32 Å². The first-order chi connectivity index (χ1) is 13.2. The van der Waals surface area contributed by atoms with Crippen molar-refractivity contribution in [2.24, 2.45) is 0 Å². The van der Waals surface area contributed by atoms with Gasteiger partial charge in [-0.1, -0.05) is 18.2 Å². The predicted octanol–water partition coefficient (Wildman–Crippen LogP) is 3.49.